The molecule has 0 spiro atoms. The summed E-state index contributed by atoms with van der Waals surface area (Å²) in [5, 5.41) is 16.1. The topological polar surface area (TPSA) is 82.5 Å². The van der Waals surface area contributed by atoms with Gasteiger partial charge in [0.25, 0.3) is 0 Å². The quantitative estimate of drug-likeness (QED) is 0.446. The van der Waals surface area contributed by atoms with Gasteiger partial charge in [0.15, 0.2) is 0 Å². The van der Waals surface area contributed by atoms with Crippen LogP contribution in [0, 0.1) is 6.92 Å². The summed E-state index contributed by atoms with van der Waals surface area (Å²) < 4.78 is 44.8. The highest BCUT2D eigenvalue weighted by atomic mass is 32.2. The van der Waals surface area contributed by atoms with E-state index < -0.39 is 11.7 Å². The standard InChI is InChI=1S/C18H13F3N6OS/c1-11-3-2-4-14(9-11)27-17(23-25-26-27)29-10-15-22-16(24-28-15)12-5-7-13(8-6-12)18(19,20)21/h2-9H,10H2,1H3. The summed E-state index contributed by atoms with van der Waals surface area (Å²) in [6, 6.07) is 12.3. The summed E-state index contributed by atoms with van der Waals surface area (Å²) in [6.07, 6.45) is -4.39. The number of hydrogen-bond acceptors (Lipinski definition) is 7. The van der Waals surface area contributed by atoms with E-state index in [1.165, 1.54) is 23.9 Å². The highest BCUT2D eigenvalue weighted by molar-refractivity contribution is 7.98. The zero-order chi connectivity index (χ0) is 20.4. The molecular formula is C18H13F3N6OS. The molecule has 0 fully saturated rings. The molecular weight excluding hydrogens is 405 g/mol. The molecule has 0 unspecified atom stereocenters. The molecule has 4 aromatic rings. The summed E-state index contributed by atoms with van der Waals surface area (Å²) >= 11 is 1.30. The van der Waals surface area contributed by atoms with Gasteiger partial charge in [-0.15, -0.1) is 5.10 Å². The Hall–Kier alpha value is -3.21. The number of nitrogens with zero attached hydrogens (tertiary/aromatic N) is 6. The predicted octanol–water partition coefficient (Wildman–Crippen LogP) is 4.33. The van der Waals surface area contributed by atoms with Crippen LogP contribution in [-0.4, -0.2) is 30.3 Å². The van der Waals surface area contributed by atoms with Gasteiger partial charge in [-0.1, -0.05) is 41.2 Å². The van der Waals surface area contributed by atoms with Gasteiger partial charge in [0, 0.05) is 5.56 Å². The van der Waals surface area contributed by atoms with E-state index in [0.29, 0.717) is 22.4 Å². The summed E-state index contributed by atoms with van der Waals surface area (Å²) in [6.45, 7) is 1.97. The second kappa shape index (κ2) is 7.66. The Morgan fingerprint density at radius 3 is 2.62 bits per heavy atom. The Bertz CT molecular complexity index is 1120. The molecule has 0 bridgehead atoms. The Morgan fingerprint density at radius 2 is 1.90 bits per heavy atom. The highest BCUT2D eigenvalue weighted by Crippen LogP contribution is 2.30. The van der Waals surface area contributed by atoms with Gasteiger partial charge in [-0.3, -0.25) is 0 Å². The fourth-order valence-corrected chi connectivity index (χ4v) is 3.28. The van der Waals surface area contributed by atoms with Crippen molar-refractivity contribution in [2.24, 2.45) is 0 Å². The number of aryl methyl sites for hydroxylation is 1. The molecule has 0 atom stereocenters. The first-order valence-electron chi connectivity index (χ1n) is 8.38. The third-order valence-corrected chi connectivity index (χ3v) is 4.85. The second-order valence-electron chi connectivity index (χ2n) is 6.09. The van der Waals surface area contributed by atoms with Crippen molar-refractivity contribution in [1.82, 2.24) is 30.3 Å². The van der Waals surface area contributed by atoms with Gasteiger partial charge < -0.3 is 4.52 Å². The summed E-state index contributed by atoms with van der Waals surface area (Å²) in [7, 11) is 0. The van der Waals surface area contributed by atoms with E-state index in [4.69, 9.17) is 4.52 Å². The largest absolute Gasteiger partial charge is 0.416 e. The maximum Gasteiger partial charge on any atom is 0.416 e. The van der Waals surface area contributed by atoms with Crippen molar-refractivity contribution in [2.75, 3.05) is 0 Å². The van der Waals surface area contributed by atoms with Crippen LogP contribution in [0.25, 0.3) is 17.1 Å². The van der Waals surface area contributed by atoms with Crippen LogP contribution in [0.2, 0.25) is 0 Å². The Morgan fingerprint density at radius 1 is 1.10 bits per heavy atom. The molecule has 2 aromatic carbocycles. The van der Waals surface area contributed by atoms with Crippen LogP contribution in [0.1, 0.15) is 17.0 Å². The Kier molecular flexibility index (Phi) is 5.05. The van der Waals surface area contributed by atoms with E-state index >= 15 is 0 Å². The molecule has 0 saturated carbocycles. The van der Waals surface area contributed by atoms with E-state index in [0.717, 1.165) is 23.4 Å². The fourth-order valence-electron chi connectivity index (χ4n) is 2.56. The van der Waals surface area contributed by atoms with Crippen LogP contribution in [0.4, 0.5) is 13.2 Å². The fraction of sp³-hybridized carbons (Fsp3) is 0.167. The SMILES string of the molecule is Cc1cccc(-n2nnnc2SCc2nc(-c3ccc(C(F)(F)F)cc3)no2)c1. The first-order chi connectivity index (χ1) is 13.9. The lowest BCUT2D eigenvalue weighted by Gasteiger charge is -2.05. The van der Waals surface area contributed by atoms with Gasteiger partial charge in [0.2, 0.25) is 16.9 Å². The molecule has 0 aliphatic rings. The first-order valence-corrected chi connectivity index (χ1v) is 9.37. The second-order valence-corrected chi connectivity index (χ2v) is 7.03. The zero-order valence-electron chi connectivity index (χ0n) is 15.0. The molecule has 2 heterocycles. The van der Waals surface area contributed by atoms with E-state index in [9.17, 15) is 13.2 Å². The molecule has 0 N–H and O–H groups in total. The Balaban J connectivity index is 1.46. The number of thioether (sulfide) groups is 1. The van der Waals surface area contributed by atoms with Crippen molar-refractivity contribution in [1.29, 1.82) is 0 Å². The average Bonchev–Trinajstić information content (AvgIpc) is 3.35. The van der Waals surface area contributed by atoms with E-state index in [2.05, 4.69) is 25.7 Å². The highest BCUT2D eigenvalue weighted by Gasteiger charge is 2.30. The van der Waals surface area contributed by atoms with E-state index in [1.54, 1.807) is 4.68 Å². The van der Waals surface area contributed by atoms with E-state index in [-0.39, 0.29) is 5.82 Å². The summed E-state index contributed by atoms with van der Waals surface area (Å²) in [5.74, 6) is 0.830. The van der Waals surface area contributed by atoms with Crippen molar-refractivity contribution >= 4 is 11.8 Å². The van der Waals surface area contributed by atoms with Gasteiger partial charge in [-0.05, 0) is 47.2 Å². The maximum atomic E-state index is 12.7. The van der Waals surface area contributed by atoms with Gasteiger partial charge >= 0.3 is 6.18 Å². The molecule has 7 nitrogen and oxygen atoms in total. The molecule has 0 saturated heterocycles. The Labute approximate surface area is 166 Å². The number of hydrogen-bond donors (Lipinski definition) is 0. The van der Waals surface area contributed by atoms with Crippen molar-refractivity contribution in [3.8, 4) is 17.1 Å². The van der Waals surface area contributed by atoms with E-state index in [1.807, 2.05) is 31.2 Å². The zero-order valence-corrected chi connectivity index (χ0v) is 15.8. The average molecular weight is 418 g/mol. The third-order valence-electron chi connectivity index (χ3n) is 3.95. The molecule has 0 aliphatic carbocycles. The molecule has 0 amide bonds. The number of benzene rings is 2. The van der Waals surface area contributed by atoms with Crippen molar-refractivity contribution in [3.63, 3.8) is 0 Å². The third kappa shape index (κ3) is 4.29. The smallest absolute Gasteiger partial charge is 0.338 e. The van der Waals surface area contributed by atoms with Crippen LogP contribution >= 0.6 is 11.8 Å². The minimum Gasteiger partial charge on any atom is -0.338 e. The minimum absolute atomic E-state index is 0.215. The van der Waals surface area contributed by atoms with Crippen molar-refractivity contribution in [3.05, 3.63) is 65.5 Å². The van der Waals surface area contributed by atoms with Crippen LogP contribution in [-0.2, 0) is 11.9 Å². The summed E-state index contributed by atoms with van der Waals surface area (Å²) in [4.78, 5) is 4.23. The maximum absolute atomic E-state index is 12.7. The minimum atomic E-state index is -4.39. The van der Waals surface area contributed by atoms with Crippen molar-refractivity contribution in [2.45, 2.75) is 24.0 Å². The van der Waals surface area contributed by atoms with Gasteiger partial charge in [0.05, 0.1) is 17.0 Å². The van der Waals surface area contributed by atoms with Crippen molar-refractivity contribution < 1.29 is 17.7 Å². The van der Waals surface area contributed by atoms with Crippen LogP contribution in [0.3, 0.4) is 0 Å². The molecule has 148 valence electrons. The lowest BCUT2D eigenvalue weighted by Crippen LogP contribution is -2.04. The first kappa shape index (κ1) is 19.1. The molecule has 4 rings (SSSR count). The normalized spacial score (nSPS) is 11.7. The number of tetrazole rings is 1. The lowest BCUT2D eigenvalue weighted by atomic mass is 10.1. The van der Waals surface area contributed by atoms with Crippen LogP contribution in [0.15, 0.2) is 58.2 Å². The van der Waals surface area contributed by atoms with Gasteiger partial charge in [-0.25, -0.2) is 0 Å². The molecule has 0 radical (unpaired) electrons. The lowest BCUT2D eigenvalue weighted by molar-refractivity contribution is -0.137. The number of aromatic nitrogens is 6. The molecule has 0 aliphatic heterocycles. The van der Waals surface area contributed by atoms with Crippen LogP contribution < -0.4 is 0 Å². The number of halogens is 3. The monoisotopic (exact) mass is 418 g/mol. The summed E-state index contributed by atoms with van der Waals surface area (Å²) in [5.41, 5.74) is 1.60. The van der Waals surface area contributed by atoms with Crippen LogP contribution in [0.5, 0.6) is 0 Å². The molecule has 11 heteroatoms. The number of alkyl halides is 3. The predicted molar refractivity (Wildman–Crippen MR) is 98.2 cm³/mol. The number of rotatable bonds is 5. The molecule has 29 heavy (non-hydrogen) atoms. The van der Waals surface area contributed by atoms with Gasteiger partial charge in [-0.2, -0.15) is 22.8 Å². The van der Waals surface area contributed by atoms with Gasteiger partial charge in [0.1, 0.15) is 0 Å². The molecule has 2 aromatic heterocycles.